The molecule has 1 saturated carbocycles. The minimum atomic E-state index is -0.995. The maximum absolute atomic E-state index is 12.2. The molecule has 0 aliphatic heterocycles. The van der Waals surface area contributed by atoms with Crippen molar-refractivity contribution in [1.29, 1.82) is 0 Å². The summed E-state index contributed by atoms with van der Waals surface area (Å²) in [4.78, 5) is 25.1. The van der Waals surface area contributed by atoms with Crippen LogP contribution >= 0.6 is 0 Å². The Kier molecular flexibility index (Phi) is 7.50. The largest absolute Gasteiger partial charge is 0.480 e. The molecule has 1 rings (SSSR count). The molecule has 0 spiro atoms. The number of carboxylic acids is 1. The summed E-state index contributed by atoms with van der Waals surface area (Å²) in [6.45, 7) is 2.72. The van der Waals surface area contributed by atoms with E-state index >= 15 is 0 Å². The lowest BCUT2D eigenvalue weighted by Gasteiger charge is -2.34. The number of carboxylic acid groups (broad SMARTS) is 1. The van der Waals surface area contributed by atoms with Gasteiger partial charge < -0.3 is 20.1 Å². The van der Waals surface area contributed by atoms with E-state index in [0.717, 1.165) is 31.6 Å². The van der Waals surface area contributed by atoms with Crippen LogP contribution in [0.1, 0.15) is 45.4 Å². The molecule has 0 aromatic heterocycles. The number of hydrogen-bond acceptors (Lipinski definition) is 3. The Hall–Kier alpha value is -1.30. The van der Waals surface area contributed by atoms with E-state index in [1.807, 2.05) is 0 Å². The van der Waals surface area contributed by atoms with Crippen LogP contribution in [0.2, 0.25) is 0 Å². The Bertz CT molecular complexity index is 341. The molecule has 6 nitrogen and oxygen atoms in total. The highest BCUT2D eigenvalue weighted by atomic mass is 16.5. The summed E-state index contributed by atoms with van der Waals surface area (Å²) in [5, 5.41) is 11.8. The number of carbonyl (C=O) groups is 2. The first kappa shape index (κ1) is 17.8. The predicted octanol–water partition coefficient (Wildman–Crippen LogP) is 2.09. The standard InChI is InChI=1S/C15H28N2O4/c1-11-6-8-12(9-7-11)17(2)15(20)16-13(14(18)19)5-4-10-21-3/h11-13H,4-10H2,1-3H3,(H,16,20)(H,18,19). The van der Waals surface area contributed by atoms with Gasteiger partial charge in [0.05, 0.1) is 0 Å². The predicted molar refractivity (Wildman–Crippen MR) is 80.2 cm³/mol. The Labute approximate surface area is 126 Å². The minimum Gasteiger partial charge on any atom is -0.480 e. The van der Waals surface area contributed by atoms with E-state index in [1.54, 1.807) is 19.1 Å². The summed E-state index contributed by atoms with van der Waals surface area (Å²) < 4.78 is 4.91. The van der Waals surface area contributed by atoms with Crippen LogP contribution in [0.4, 0.5) is 4.79 Å². The second kappa shape index (κ2) is 8.87. The van der Waals surface area contributed by atoms with Gasteiger partial charge in [-0.25, -0.2) is 9.59 Å². The second-order valence-electron chi connectivity index (χ2n) is 6.00. The first-order valence-electron chi connectivity index (χ1n) is 7.70. The van der Waals surface area contributed by atoms with Crippen molar-refractivity contribution in [2.24, 2.45) is 5.92 Å². The van der Waals surface area contributed by atoms with Gasteiger partial charge in [0.2, 0.25) is 0 Å². The summed E-state index contributed by atoms with van der Waals surface area (Å²) in [6.07, 6.45) is 5.22. The van der Waals surface area contributed by atoms with Gasteiger partial charge in [-0.15, -0.1) is 0 Å². The highest BCUT2D eigenvalue weighted by Gasteiger charge is 2.27. The summed E-state index contributed by atoms with van der Waals surface area (Å²) >= 11 is 0. The smallest absolute Gasteiger partial charge is 0.326 e. The van der Waals surface area contributed by atoms with Crippen molar-refractivity contribution in [3.8, 4) is 0 Å². The van der Waals surface area contributed by atoms with Gasteiger partial charge in [0, 0.05) is 26.8 Å². The SMILES string of the molecule is COCCCC(NC(=O)N(C)C1CCC(C)CC1)C(=O)O. The Morgan fingerprint density at radius 3 is 2.48 bits per heavy atom. The van der Waals surface area contributed by atoms with Gasteiger partial charge in [0.15, 0.2) is 0 Å². The molecule has 2 N–H and O–H groups in total. The zero-order chi connectivity index (χ0) is 15.8. The summed E-state index contributed by atoms with van der Waals surface area (Å²) in [7, 11) is 3.33. The molecular formula is C15H28N2O4. The van der Waals surface area contributed by atoms with Gasteiger partial charge in [-0.2, -0.15) is 0 Å². The third-order valence-corrected chi connectivity index (χ3v) is 4.29. The lowest BCUT2D eigenvalue weighted by atomic mass is 9.87. The van der Waals surface area contributed by atoms with Crippen molar-refractivity contribution in [2.75, 3.05) is 20.8 Å². The zero-order valence-corrected chi connectivity index (χ0v) is 13.3. The molecule has 122 valence electrons. The Morgan fingerprint density at radius 1 is 1.33 bits per heavy atom. The van der Waals surface area contributed by atoms with Crippen molar-refractivity contribution in [3.63, 3.8) is 0 Å². The molecule has 0 saturated heterocycles. The first-order chi connectivity index (χ1) is 9.95. The molecule has 1 aliphatic rings. The third-order valence-electron chi connectivity index (χ3n) is 4.29. The average Bonchev–Trinajstić information content (AvgIpc) is 2.46. The second-order valence-corrected chi connectivity index (χ2v) is 6.00. The van der Waals surface area contributed by atoms with E-state index in [9.17, 15) is 14.7 Å². The van der Waals surface area contributed by atoms with E-state index < -0.39 is 12.0 Å². The van der Waals surface area contributed by atoms with E-state index in [1.165, 1.54) is 0 Å². The molecule has 0 aromatic rings. The number of nitrogens with zero attached hydrogens (tertiary/aromatic N) is 1. The molecule has 21 heavy (non-hydrogen) atoms. The normalized spacial score (nSPS) is 23.4. The lowest BCUT2D eigenvalue weighted by Crippen LogP contribution is -2.50. The molecule has 0 aromatic carbocycles. The van der Waals surface area contributed by atoms with Crippen molar-refractivity contribution >= 4 is 12.0 Å². The number of amides is 2. The van der Waals surface area contributed by atoms with Crippen molar-refractivity contribution in [2.45, 2.75) is 57.5 Å². The number of methoxy groups -OCH3 is 1. The van der Waals surface area contributed by atoms with Crippen LogP contribution in [-0.4, -0.2) is 54.9 Å². The number of nitrogens with one attached hydrogen (secondary N) is 1. The molecule has 2 amide bonds. The quantitative estimate of drug-likeness (QED) is 0.706. The molecule has 0 heterocycles. The molecule has 1 fully saturated rings. The third kappa shape index (κ3) is 5.91. The fraction of sp³-hybridized carbons (Fsp3) is 0.867. The number of carbonyl (C=O) groups excluding carboxylic acids is 1. The van der Waals surface area contributed by atoms with Crippen LogP contribution in [0.5, 0.6) is 0 Å². The maximum atomic E-state index is 12.2. The number of urea groups is 1. The molecule has 1 atom stereocenters. The van der Waals surface area contributed by atoms with Crippen molar-refractivity contribution < 1.29 is 19.4 Å². The minimum absolute atomic E-state index is 0.217. The number of hydrogen-bond donors (Lipinski definition) is 2. The summed E-state index contributed by atoms with van der Waals surface area (Å²) in [5.41, 5.74) is 0. The number of aliphatic carboxylic acids is 1. The number of ether oxygens (including phenoxy) is 1. The van der Waals surface area contributed by atoms with E-state index in [2.05, 4.69) is 12.2 Å². The lowest BCUT2D eigenvalue weighted by molar-refractivity contribution is -0.139. The molecule has 0 radical (unpaired) electrons. The average molecular weight is 300 g/mol. The fourth-order valence-electron chi connectivity index (χ4n) is 2.74. The molecule has 1 unspecified atom stereocenters. The fourth-order valence-corrected chi connectivity index (χ4v) is 2.74. The van der Waals surface area contributed by atoms with Crippen LogP contribution in [0.15, 0.2) is 0 Å². The van der Waals surface area contributed by atoms with Crippen LogP contribution in [0.25, 0.3) is 0 Å². The highest BCUT2D eigenvalue weighted by Crippen LogP contribution is 2.26. The van der Waals surface area contributed by atoms with Gasteiger partial charge in [-0.05, 0) is 44.4 Å². The monoisotopic (exact) mass is 300 g/mol. The zero-order valence-electron chi connectivity index (χ0n) is 13.3. The van der Waals surface area contributed by atoms with Gasteiger partial charge >= 0.3 is 12.0 Å². The van der Waals surface area contributed by atoms with Crippen LogP contribution in [-0.2, 0) is 9.53 Å². The first-order valence-corrected chi connectivity index (χ1v) is 7.70. The Balaban J connectivity index is 2.46. The van der Waals surface area contributed by atoms with E-state index in [-0.39, 0.29) is 12.1 Å². The van der Waals surface area contributed by atoms with Crippen molar-refractivity contribution in [3.05, 3.63) is 0 Å². The van der Waals surface area contributed by atoms with Gasteiger partial charge in [0.1, 0.15) is 6.04 Å². The molecule has 6 heteroatoms. The topological polar surface area (TPSA) is 78.9 Å². The van der Waals surface area contributed by atoms with Gasteiger partial charge in [0.25, 0.3) is 0 Å². The van der Waals surface area contributed by atoms with Gasteiger partial charge in [-0.3, -0.25) is 0 Å². The van der Waals surface area contributed by atoms with Crippen LogP contribution < -0.4 is 5.32 Å². The van der Waals surface area contributed by atoms with Crippen LogP contribution in [0, 0.1) is 5.92 Å². The molecule has 0 bridgehead atoms. The summed E-state index contributed by atoms with van der Waals surface area (Å²) in [6, 6.07) is -0.924. The van der Waals surface area contributed by atoms with E-state index in [0.29, 0.717) is 19.4 Å². The van der Waals surface area contributed by atoms with Crippen molar-refractivity contribution in [1.82, 2.24) is 10.2 Å². The van der Waals surface area contributed by atoms with Crippen LogP contribution in [0.3, 0.4) is 0 Å². The Morgan fingerprint density at radius 2 is 1.95 bits per heavy atom. The highest BCUT2D eigenvalue weighted by molar-refractivity contribution is 5.82. The number of rotatable bonds is 7. The van der Waals surface area contributed by atoms with E-state index in [4.69, 9.17) is 4.74 Å². The molecular weight excluding hydrogens is 272 g/mol. The maximum Gasteiger partial charge on any atom is 0.326 e. The molecule has 1 aliphatic carbocycles. The summed E-state index contributed by atoms with van der Waals surface area (Å²) in [5.74, 6) is -0.274. The van der Waals surface area contributed by atoms with Gasteiger partial charge in [-0.1, -0.05) is 6.92 Å².